The smallest absolute Gasteiger partial charge is 0.256 e. The maximum absolute atomic E-state index is 12.6. The van der Waals surface area contributed by atoms with Gasteiger partial charge in [-0.25, -0.2) is 4.98 Å². The van der Waals surface area contributed by atoms with Gasteiger partial charge in [-0.3, -0.25) is 9.78 Å². The van der Waals surface area contributed by atoms with Crippen molar-refractivity contribution in [2.45, 2.75) is 13.3 Å². The van der Waals surface area contributed by atoms with Crippen molar-refractivity contribution in [2.24, 2.45) is 0 Å². The topological polar surface area (TPSA) is 54.9 Å². The standard InChI is InChI=1S/C17H13Cl2N3O/c1-2-10-5-6-13(12-4-3-7-20-15(10)12)17(23)22-14-8-11(18)9-21-16(14)19/h3-9H,2H2,1H3,(H,22,23). The number of anilines is 1. The molecule has 0 radical (unpaired) electrons. The van der Waals surface area contributed by atoms with Crippen LogP contribution in [0.2, 0.25) is 10.2 Å². The fraction of sp³-hybridized carbons (Fsp3) is 0.118. The van der Waals surface area contributed by atoms with Gasteiger partial charge in [0.05, 0.1) is 16.2 Å². The molecule has 3 aromatic rings. The van der Waals surface area contributed by atoms with Crippen molar-refractivity contribution in [1.82, 2.24) is 9.97 Å². The van der Waals surface area contributed by atoms with Gasteiger partial charge in [0.2, 0.25) is 0 Å². The number of nitrogens with zero attached hydrogens (tertiary/aromatic N) is 2. The minimum absolute atomic E-state index is 0.190. The molecule has 0 spiro atoms. The molecule has 4 nitrogen and oxygen atoms in total. The van der Waals surface area contributed by atoms with Crippen molar-refractivity contribution < 1.29 is 4.79 Å². The number of nitrogens with one attached hydrogen (secondary N) is 1. The van der Waals surface area contributed by atoms with E-state index in [2.05, 4.69) is 22.2 Å². The van der Waals surface area contributed by atoms with Gasteiger partial charge in [0.15, 0.2) is 5.15 Å². The fourth-order valence-electron chi connectivity index (χ4n) is 2.41. The van der Waals surface area contributed by atoms with E-state index in [1.165, 1.54) is 6.20 Å². The lowest BCUT2D eigenvalue weighted by Gasteiger charge is -2.11. The first-order valence-electron chi connectivity index (χ1n) is 7.09. The minimum Gasteiger partial charge on any atom is -0.319 e. The van der Waals surface area contributed by atoms with E-state index < -0.39 is 0 Å². The number of benzene rings is 1. The highest BCUT2D eigenvalue weighted by atomic mass is 35.5. The van der Waals surface area contributed by atoms with Gasteiger partial charge in [-0.1, -0.05) is 42.3 Å². The summed E-state index contributed by atoms with van der Waals surface area (Å²) in [5.74, 6) is -0.281. The third kappa shape index (κ3) is 3.14. The van der Waals surface area contributed by atoms with Crippen LogP contribution < -0.4 is 5.32 Å². The molecule has 3 rings (SSSR count). The zero-order valence-corrected chi connectivity index (χ0v) is 13.8. The average molecular weight is 346 g/mol. The van der Waals surface area contributed by atoms with Gasteiger partial charge >= 0.3 is 0 Å². The largest absolute Gasteiger partial charge is 0.319 e. The predicted molar refractivity (Wildman–Crippen MR) is 93.3 cm³/mol. The molecule has 0 saturated heterocycles. The van der Waals surface area contributed by atoms with Crippen LogP contribution in [0.1, 0.15) is 22.8 Å². The number of aryl methyl sites for hydroxylation is 1. The molecule has 2 aromatic heterocycles. The molecule has 2 heterocycles. The quantitative estimate of drug-likeness (QED) is 0.696. The molecular formula is C17H13Cl2N3O. The third-order valence-corrected chi connectivity index (χ3v) is 4.04. The van der Waals surface area contributed by atoms with Crippen LogP contribution in [0.3, 0.4) is 0 Å². The zero-order valence-electron chi connectivity index (χ0n) is 12.3. The van der Waals surface area contributed by atoms with E-state index in [0.29, 0.717) is 16.3 Å². The van der Waals surface area contributed by atoms with Gasteiger partial charge in [-0.2, -0.15) is 0 Å². The Bertz CT molecular complexity index is 896. The first kappa shape index (κ1) is 15.7. The van der Waals surface area contributed by atoms with Gasteiger partial charge in [0, 0.05) is 23.3 Å². The van der Waals surface area contributed by atoms with Crippen molar-refractivity contribution in [3.63, 3.8) is 0 Å². The van der Waals surface area contributed by atoms with Crippen molar-refractivity contribution in [3.8, 4) is 0 Å². The summed E-state index contributed by atoms with van der Waals surface area (Å²) in [7, 11) is 0. The second kappa shape index (κ2) is 6.52. The summed E-state index contributed by atoms with van der Waals surface area (Å²) in [5, 5.41) is 4.14. The maximum atomic E-state index is 12.6. The average Bonchev–Trinajstić information content (AvgIpc) is 2.57. The van der Waals surface area contributed by atoms with E-state index in [9.17, 15) is 4.79 Å². The summed E-state index contributed by atoms with van der Waals surface area (Å²) < 4.78 is 0. The minimum atomic E-state index is -0.281. The molecule has 0 unspecified atom stereocenters. The number of fused-ring (bicyclic) bond motifs is 1. The molecule has 1 aromatic carbocycles. The summed E-state index contributed by atoms with van der Waals surface area (Å²) in [6.45, 7) is 2.06. The number of hydrogen-bond donors (Lipinski definition) is 1. The van der Waals surface area contributed by atoms with Crippen LogP contribution in [0.25, 0.3) is 10.9 Å². The van der Waals surface area contributed by atoms with Gasteiger partial charge in [0.1, 0.15) is 0 Å². The Hall–Kier alpha value is -2.17. The van der Waals surface area contributed by atoms with Crippen molar-refractivity contribution in [3.05, 3.63) is 64.0 Å². The molecule has 23 heavy (non-hydrogen) atoms. The van der Waals surface area contributed by atoms with Crippen molar-refractivity contribution in [2.75, 3.05) is 5.32 Å². The molecule has 1 amide bonds. The van der Waals surface area contributed by atoms with E-state index in [1.807, 2.05) is 18.2 Å². The Morgan fingerprint density at radius 2 is 2.04 bits per heavy atom. The van der Waals surface area contributed by atoms with Gasteiger partial charge in [-0.15, -0.1) is 0 Å². The number of carbonyl (C=O) groups is 1. The Kier molecular flexibility index (Phi) is 4.46. The summed E-state index contributed by atoms with van der Waals surface area (Å²) in [6, 6.07) is 8.97. The number of hydrogen-bond acceptors (Lipinski definition) is 3. The molecular weight excluding hydrogens is 333 g/mol. The Morgan fingerprint density at radius 3 is 2.83 bits per heavy atom. The number of carbonyl (C=O) groups excluding carboxylic acids is 1. The van der Waals surface area contributed by atoms with E-state index in [0.717, 1.165) is 22.9 Å². The zero-order chi connectivity index (χ0) is 16.4. The summed E-state index contributed by atoms with van der Waals surface area (Å²) in [6.07, 6.45) is 4.00. The van der Waals surface area contributed by atoms with Crippen LogP contribution in [0.5, 0.6) is 0 Å². The molecule has 0 aliphatic carbocycles. The first-order chi connectivity index (χ1) is 11.1. The molecule has 0 fully saturated rings. The van der Waals surface area contributed by atoms with Gasteiger partial charge < -0.3 is 5.32 Å². The van der Waals surface area contributed by atoms with Crippen LogP contribution in [0, 0.1) is 0 Å². The number of pyridine rings is 2. The number of rotatable bonds is 3. The lowest BCUT2D eigenvalue weighted by atomic mass is 10.0. The molecule has 6 heteroatoms. The Labute approximate surface area is 143 Å². The molecule has 0 atom stereocenters. The van der Waals surface area contributed by atoms with Crippen LogP contribution in [0.15, 0.2) is 42.7 Å². The number of amides is 1. The normalized spacial score (nSPS) is 10.7. The molecule has 0 bridgehead atoms. The molecule has 0 aliphatic rings. The third-order valence-electron chi connectivity index (χ3n) is 3.53. The van der Waals surface area contributed by atoms with Crippen LogP contribution >= 0.6 is 23.2 Å². The predicted octanol–water partition coefficient (Wildman–Crippen LogP) is 4.75. The lowest BCUT2D eigenvalue weighted by molar-refractivity contribution is 0.102. The number of aromatic nitrogens is 2. The Balaban J connectivity index is 2.03. The molecule has 0 aliphatic heterocycles. The van der Waals surface area contributed by atoms with Gasteiger partial charge in [-0.05, 0) is 30.2 Å². The SMILES string of the molecule is CCc1ccc(C(=O)Nc2cc(Cl)cnc2Cl)c2cccnc12. The van der Waals surface area contributed by atoms with Crippen LogP contribution in [-0.4, -0.2) is 15.9 Å². The highest BCUT2D eigenvalue weighted by Crippen LogP contribution is 2.26. The van der Waals surface area contributed by atoms with E-state index in [-0.39, 0.29) is 11.1 Å². The highest BCUT2D eigenvalue weighted by molar-refractivity contribution is 6.34. The van der Waals surface area contributed by atoms with Crippen LogP contribution in [-0.2, 0) is 6.42 Å². The van der Waals surface area contributed by atoms with E-state index >= 15 is 0 Å². The summed E-state index contributed by atoms with van der Waals surface area (Å²) >= 11 is 11.9. The van der Waals surface area contributed by atoms with Crippen molar-refractivity contribution >= 4 is 45.7 Å². The number of halogens is 2. The van der Waals surface area contributed by atoms with E-state index in [4.69, 9.17) is 23.2 Å². The second-order valence-corrected chi connectivity index (χ2v) is 5.77. The molecule has 0 saturated carbocycles. The first-order valence-corrected chi connectivity index (χ1v) is 7.84. The van der Waals surface area contributed by atoms with Crippen molar-refractivity contribution in [1.29, 1.82) is 0 Å². The molecule has 1 N–H and O–H groups in total. The highest BCUT2D eigenvalue weighted by Gasteiger charge is 2.14. The maximum Gasteiger partial charge on any atom is 0.256 e. The second-order valence-electron chi connectivity index (χ2n) is 4.97. The summed E-state index contributed by atoms with van der Waals surface area (Å²) in [5.41, 5.74) is 2.83. The lowest BCUT2D eigenvalue weighted by Crippen LogP contribution is -2.13. The van der Waals surface area contributed by atoms with E-state index in [1.54, 1.807) is 18.3 Å². The Morgan fingerprint density at radius 1 is 1.22 bits per heavy atom. The van der Waals surface area contributed by atoms with Crippen LogP contribution in [0.4, 0.5) is 5.69 Å². The molecule has 116 valence electrons. The fourth-order valence-corrected chi connectivity index (χ4v) is 2.72. The van der Waals surface area contributed by atoms with Gasteiger partial charge in [0.25, 0.3) is 5.91 Å². The summed E-state index contributed by atoms with van der Waals surface area (Å²) in [4.78, 5) is 20.9. The monoisotopic (exact) mass is 345 g/mol.